The fraction of sp³-hybridized carbons (Fsp3) is 0.565. The van der Waals surface area contributed by atoms with E-state index in [0.717, 1.165) is 44.5 Å². The van der Waals surface area contributed by atoms with Crippen molar-refractivity contribution in [3.63, 3.8) is 0 Å². The van der Waals surface area contributed by atoms with Gasteiger partial charge in [0.1, 0.15) is 0 Å². The lowest BCUT2D eigenvalue weighted by Crippen LogP contribution is -2.54. The zero-order valence-electron chi connectivity index (χ0n) is 16.9. The Hall–Kier alpha value is -2.14. The summed E-state index contributed by atoms with van der Waals surface area (Å²) in [5, 5.41) is 3.50. The number of hydrogen-bond acceptors (Lipinski definition) is 3. The maximum absolute atomic E-state index is 12.9. The number of allylic oxidation sites excluding steroid dienone is 1. The van der Waals surface area contributed by atoms with Crippen molar-refractivity contribution in [2.75, 3.05) is 26.2 Å². The van der Waals surface area contributed by atoms with Gasteiger partial charge in [0.2, 0.25) is 5.91 Å². The number of nitrogens with zero attached hydrogens (tertiary/aromatic N) is 2. The van der Waals surface area contributed by atoms with Crippen LogP contribution in [0, 0.1) is 5.92 Å². The van der Waals surface area contributed by atoms with Gasteiger partial charge in [-0.15, -0.1) is 0 Å². The topological polar surface area (TPSA) is 52.7 Å². The van der Waals surface area contributed by atoms with Crippen LogP contribution < -0.4 is 5.32 Å². The molecule has 5 nitrogen and oxygen atoms in total. The zero-order valence-corrected chi connectivity index (χ0v) is 16.9. The van der Waals surface area contributed by atoms with E-state index in [-0.39, 0.29) is 17.9 Å². The first-order valence-electron chi connectivity index (χ1n) is 10.6. The van der Waals surface area contributed by atoms with Crippen LogP contribution in [0.15, 0.2) is 36.4 Å². The number of carbonyl (C=O) groups is 2. The normalized spacial score (nSPS) is 30.3. The largest absolute Gasteiger partial charge is 0.339 e. The van der Waals surface area contributed by atoms with Crippen LogP contribution >= 0.6 is 0 Å². The van der Waals surface area contributed by atoms with Crippen molar-refractivity contribution in [3.05, 3.63) is 47.5 Å². The van der Waals surface area contributed by atoms with Crippen LogP contribution in [-0.4, -0.2) is 59.9 Å². The van der Waals surface area contributed by atoms with Crippen LogP contribution in [0.3, 0.4) is 0 Å². The van der Waals surface area contributed by atoms with Gasteiger partial charge >= 0.3 is 0 Å². The van der Waals surface area contributed by atoms with Crippen LogP contribution in [0.4, 0.5) is 0 Å². The van der Waals surface area contributed by atoms with Crippen molar-refractivity contribution in [1.82, 2.24) is 15.1 Å². The van der Waals surface area contributed by atoms with Crippen molar-refractivity contribution in [2.45, 2.75) is 51.1 Å². The number of benzene rings is 1. The van der Waals surface area contributed by atoms with E-state index in [0.29, 0.717) is 24.4 Å². The average Bonchev–Trinajstić information content (AvgIpc) is 3.37. The molecule has 0 saturated carbocycles. The highest BCUT2D eigenvalue weighted by atomic mass is 16.2. The Morgan fingerprint density at radius 3 is 2.61 bits per heavy atom. The Morgan fingerprint density at radius 2 is 1.93 bits per heavy atom. The van der Waals surface area contributed by atoms with E-state index in [1.165, 1.54) is 5.56 Å². The molecule has 0 spiro atoms. The summed E-state index contributed by atoms with van der Waals surface area (Å²) in [5.74, 6) is 1.00. The summed E-state index contributed by atoms with van der Waals surface area (Å²) in [6, 6.07) is 8.44. The van der Waals surface area contributed by atoms with Gasteiger partial charge in [0.25, 0.3) is 5.91 Å². The van der Waals surface area contributed by atoms with Crippen molar-refractivity contribution in [3.8, 4) is 0 Å². The first-order chi connectivity index (χ1) is 13.6. The first-order valence-corrected chi connectivity index (χ1v) is 10.6. The molecule has 150 valence electrons. The summed E-state index contributed by atoms with van der Waals surface area (Å²) in [6.07, 6.45) is 7.28. The highest BCUT2D eigenvalue weighted by molar-refractivity contribution is 5.94. The van der Waals surface area contributed by atoms with E-state index < -0.39 is 0 Å². The third kappa shape index (κ3) is 3.60. The van der Waals surface area contributed by atoms with Gasteiger partial charge in [-0.25, -0.2) is 0 Å². The first kappa shape index (κ1) is 19.2. The lowest BCUT2D eigenvalue weighted by molar-refractivity contribution is -0.137. The molecule has 1 aromatic rings. The number of hydrogen-bond donors (Lipinski definition) is 1. The Kier molecular flexibility index (Phi) is 5.54. The molecular weight excluding hydrogens is 350 g/mol. The molecule has 28 heavy (non-hydrogen) atoms. The Balaban J connectivity index is 1.55. The van der Waals surface area contributed by atoms with E-state index in [1.54, 1.807) is 0 Å². The second-order valence-corrected chi connectivity index (χ2v) is 8.49. The summed E-state index contributed by atoms with van der Waals surface area (Å²) >= 11 is 0. The average molecular weight is 382 g/mol. The SMILES string of the molecule is C/C=C/CN1CC(c2ccc(C(=O)N3CCCC3)cc2)C2CC(C)NC2C1=O. The van der Waals surface area contributed by atoms with Gasteiger partial charge in [-0.3, -0.25) is 9.59 Å². The molecule has 1 N–H and O–H groups in total. The molecule has 4 unspecified atom stereocenters. The van der Waals surface area contributed by atoms with Crippen LogP contribution in [0.2, 0.25) is 0 Å². The summed E-state index contributed by atoms with van der Waals surface area (Å²) in [5.41, 5.74) is 2.01. The summed E-state index contributed by atoms with van der Waals surface area (Å²) in [6.45, 7) is 7.31. The Bertz CT molecular complexity index is 752. The monoisotopic (exact) mass is 381 g/mol. The number of rotatable bonds is 4. The minimum absolute atomic E-state index is 0.0927. The predicted molar refractivity (Wildman–Crippen MR) is 110 cm³/mol. The number of likely N-dealkylation sites (tertiary alicyclic amines) is 2. The third-order valence-electron chi connectivity index (χ3n) is 6.57. The lowest BCUT2D eigenvalue weighted by atomic mass is 9.77. The summed E-state index contributed by atoms with van der Waals surface area (Å²) in [7, 11) is 0. The molecular formula is C23H31N3O2. The smallest absolute Gasteiger partial charge is 0.253 e. The molecule has 3 aliphatic heterocycles. The van der Waals surface area contributed by atoms with Crippen LogP contribution in [0.1, 0.15) is 54.9 Å². The second-order valence-electron chi connectivity index (χ2n) is 8.49. The summed E-state index contributed by atoms with van der Waals surface area (Å²) in [4.78, 5) is 29.5. The predicted octanol–water partition coefficient (Wildman–Crippen LogP) is 2.79. The molecule has 5 heteroatoms. The molecule has 1 aromatic carbocycles. The Morgan fingerprint density at radius 1 is 1.21 bits per heavy atom. The number of piperidine rings is 1. The van der Waals surface area contributed by atoms with Crippen molar-refractivity contribution < 1.29 is 9.59 Å². The van der Waals surface area contributed by atoms with Gasteiger partial charge in [-0.05, 0) is 56.7 Å². The number of fused-ring (bicyclic) bond motifs is 1. The van der Waals surface area contributed by atoms with E-state index in [9.17, 15) is 9.59 Å². The molecule has 3 saturated heterocycles. The van der Waals surface area contributed by atoms with Crippen LogP contribution in [0.25, 0.3) is 0 Å². The molecule has 4 rings (SSSR count). The minimum Gasteiger partial charge on any atom is -0.339 e. The molecule has 0 aromatic heterocycles. The van der Waals surface area contributed by atoms with E-state index in [2.05, 4.69) is 24.4 Å². The van der Waals surface area contributed by atoms with Crippen molar-refractivity contribution >= 4 is 11.8 Å². The van der Waals surface area contributed by atoms with Gasteiger partial charge in [-0.2, -0.15) is 0 Å². The fourth-order valence-electron chi connectivity index (χ4n) is 5.08. The molecule has 0 bridgehead atoms. The van der Waals surface area contributed by atoms with Gasteiger partial charge in [-0.1, -0.05) is 24.3 Å². The molecule has 0 radical (unpaired) electrons. The van der Waals surface area contributed by atoms with Crippen molar-refractivity contribution in [1.29, 1.82) is 0 Å². The van der Waals surface area contributed by atoms with E-state index in [1.807, 2.05) is 41.0 Å². The highest BCUT2D eigenvalue weighted by Gasteiger charge is 2.47. The standard InChI is InChI=1S/C23H31N3O2/c1-3-4-11-26-15-20(19-14-16(2)24-21(19)23(26)28)17-7-9-18(10-8-17)22(27)25-12-5-6-13-25/h3-4,7-10,16,19-21,24H,5-6,11-15H2,1-2H3/b4-3+. The molecule has 0 aliphatic carbocycles. The Labute approximate surface area is 167 Å². The zero-order chi connectivity index (χ0) is 19.7. The lowest BCUT2D eigenvalue weighted by Gasteiger charge is -2.40. The van der Waals surface area contributed by atoms with E-state index >= 15 is 0 Å². The van der Waals surface area contributed by atoms with Crippen LogP contribution in [-0.2, 0) is 4.79 Å². The molecule has 3 aliphatic rings. The molecule has 3 heterocycles. The number of amides is 2. The minimum atomic E-state index is -0.0927. The molecule has 4 atom stereocenters. The number of carbonyl (C=O) groups excluding carboxylic acids is 2. The van der Waals surface area contributed by atoms with Gasteiger partial charge in [0.05, 0.1) is 6.04 Å². The van der Waals surface area contributed by atoms with Gasteiger partial charge in [0.15, 0.2) is 0 Å². The van der Waals surface area contributed by atoms with Gasteiger partial charge in [0, 0.05) is 43.7 Å². The quantitative estimate of drug-likeness (QED) is 0.816. The summed E-state index contributed by atoms with van der Waals surface area (Å²) < 4.78 is 0. The third-order valence-corrected chi connectivity index (χ3v) is 6.57. The van der Waals surface area contributed by atoms with E-state index in [4.69, 9.17) is 0 Å². The van der Waals surface area contributed by atoms with Crippen molar-refractivity contribution in [2.24, 2.45) is 5.92 Å². The second kappa shape index (κ2) is 8.08. The maximum atomic E-state index is 12.9. The maximum Gasteiger partial charge on any atom is 0.253 e. The highest BCUT2D eigenvalue weighted by Crippen LogP contribution is 2.39. The van der Waals surface area contributed by atoms with Crippen LogP contribution in [0.5, 0.6) is 0 Å². The number of nitrogens with one attached hydrogen (secondary N) is 1. The molecule has 2 amide bonds. The fourth-order valence-corrected chi connectivity index (χ4v) is 5.08. The van der Waals surface area contributed by atoms with Gasteiger partial charge < -0.3 is 15.1 Å². The molecule has 3 fully saturated rings.